The second-order valence-electron chi connectivity index (χ2n) is 6.47. The molecule has 1 saturated heterocycles. The van der Waals surface area contributed by atoms with Gasteiger partial charge < -0.3 is 15.0 Å². The van der Waals surface area contributed by atoms with Crippen molar-refractivity contribution in [3.63, 3.8) is 0 Å². The third-order valence-electron chi connectivity index (χ3n) is 4.56. The Labute approximate surface area is 172 Å². The largest absolute Gasteiger partial charge is 0.378 e. The third-order valence-corrected chi connectivity index (χ3v) is 4.78. The molecule has 0 radical (unpaired) electrons. The first kappa shape index (κ1) is 19.2. The van der Waals surface area contributed by atoms with Crippen molar-refractivity contribution < 1.29 is 9.53 Å². The van der Waals surface area contributed by atoms with E-state index < -0.39 is 0 Å². The second-order valence-corrected chi connectivity index (χ2v) is 6.85. The average molecular weight is 411 g/mol. The van der Waals surface area contributed by atoms with E-state index in [2.05, 4.69) is 30.4 Å². The number of carbonyl (C=O) groups excluding carboxylic acids is 1. The molecule has 0 atom stereocenters. The van der Waals surface area contributed by atoms with Gasteiger partial charge >= 0.3 is 0 Å². The van der Waals surface area contributed by atoms with E-state index in [1.807, 2.05) is 12.1 Å². The van der Waals surface area contributed by atoms with Gasteiger partial charge in [0.25, 0.3) is 5.91 Å². The van der Waals surface area contributed by atoms with Crippen LogP contribution in [0.1, 0.15) is 15.9 Å². The molecule has 1 amide bonds. The van der Waals surface area contributed by atoms with Gasteiger partial charge in [-0.1, -0.05) is 17.7 Å². The zero-order valence-electron chi connectivity index (χ0n) is 15.6. The summed E-state index contributed by atoms with van der Waals surface area (Å²) in [6.45, 7) is 3.27. The Hall–Kier alpha value is -3.10. The fraction of sp³-hybridized carbons (Fsp3) is 0.250. The highest BCUT2D eigenvalue weighted by Gasteiger charge is 2.17. The summed E-state index contributed by atoms with van der Waals surface area (Å²) in [5.41, 5.74) is 2.66. The lowest BCUT2D eigenvalue weighted by atomic mass is 10.1. The highest BCUT2D eigenvalue weighted by molar-refractivity contribution is 6.29. The van der Waals surface area contributed by atoms with Gasteiger partial charge in [-0.3, -0.25) is 4.79 Å². The summed E-state index contributed by atoms with van der Waals surface area (Å²) in [5, 5.41) is 11.4. The van der Waals surface area contributed by atoms with E-state index >= 15 is 0 Å². The fourth-order valence-electron chi connectivity index (χ4n) is 3.06. The molecule has 0 unspecified atom stereocenters. The number of carbonyl (C=O) groups is 1. The topological polar surface area (TPSA) is 93.1 Å². The highest BCUT2D eigenvalue weighted by atomic mass is 35.5. The van der Waals surface area contributed by atoms with E-state index in [1.54, 1.807) is 30.6 Å². The fourth-order valence-corrected chi connectivity index (χ4v) is 3.18. The number of ether oxygens (including phenoxy) is 1. The van der Waals surface area contributed by atoms with Crippen LogP contribution in [0, 0.1) is 0 Å². The number of rotatable bonds is 5. The average Bonchev–Trinajstić information content (AvgIpc) is 2.79. The molecule has 3 aromatic heterocycles. The minimum absolute atomic E-state index is 0.236. The van der Waals surface area contributed by atoms with E-state index in [4.69, 9.17) is 16.3 Å². The number of aromatic nitrogens is 4. The molecule has 3 aromatic rings. The number of morpholine rings is 1. The van der Waals surface area contributed by atoms with Crippen molar-refractivity contribution in [2.75, 3.05) is 31.2 Å². The summed E-state index contributed by atoms with van der Waals surface area (Å²) >= 11 is 5.82. The Kier molecular flexibility index (Phi) is 5.92. The van der Waals surface area contributed by atoms with Crippen LogP contribution in [-0.2, 0) is 11.3 Å². The predicted octanol–water partition coefficient (Wildman–Crippen LogP) is 2.35. The Morgan fingerprint density at radius 2 is 2.03 bits per heavy atom. The van der Waals surface area contributed by atoms with Crippen molar-refractivity contribution in [3.8, 4) is 11.3 Å². The number of halogens is 1. The van der Waals surface area contributed by atoms with Crippen molar-refractivity contribution in [1.29, 1.82) is 0 Å². The molecule has 0 spiro atoms. The first-order chi connectivity index (χ1) is 14.2. The number of hydrogen-bond donors (Lipinski definition) is 1. The van der Waals surface area contributed by atoms with Gasteiger partial charge in [0.15, 0.2) is 0 Å². The maximum absolute atomic E-state index is 12.7. The summed E-state index contributed by atoms with van der Waals surface area (Å²) in [5.74, 6) is 0.636. The van der Waals surface area contributed by atoms with Gasteiger partial charge in [-0.15, -0.1) is 0 Å². The normalized spacial score (nSPS) is 13.9. The van der Waals surface area contributed by atoms with E-state index in [9.17, 15) is 4.79 Å². The lowest BCUT2D eigenvalue weighted by Crippen LogP contribution is -2.37. The lowest BCUT2D eigenvalue weighted by molar-refractivity contribution is 0.0950. The maximum atomic E-state index is 12.7. The van der Waals surface area contributed by atoms with Crippen LogP contribution in [0.3, 0.4) is 0 Å². The Bertz CT molecular complexity index is 992. The molecule has 0 bridgehead atoms. The molecule has 1 N–H and O–H groups in total. The van der Waals surface area contributed by atoms with E-state index in [0.717, 1.165) is 30.0 Å². The van der Waals surface area contributed by atoms with Gasteiger partial charge in [0.05, 0.1) is 30.7 Å². The summed E-state index contributed by atoms with van der Waals surface area (Å²) in [6, 6.07) is 8.96. The number of amides is 1. The molecule has 4 heterocycles. The van der Waals surface area contributed by atoms with Gasteiger partial charge in [-0.2, -0.15) is 10.2 Å². The molecule has 148 valence electrons. The molecule has 4 rings (SSSR count). The van der Waals surface area contributed by atoms with Crippen molar-refractivity contribution >= 4 is 23.3 Å². The molecule has 1 fully saturated rings. The van der Waals surface area contributed by atoms with Crippen molar-refractivity contribution in [3.05, 3.63) is 65.2 Å². The Morgan fingerprint density at radius 1 is 1.17 bits per heavy atom. The molecule has 9 heteroatoms. The van der Waals surface area contributed by atoms with Crippen molar-refractivity contribution in [2.24, 2.45) is 0 Å². The smallest absolute Gasteiger partial charge is 0.253 e. The second kappa shape index (κ2) is 8.93. The number of pyridine rings is 2. The number of hydrogen-bond acceptors (Lipinski definition) is 7. The Morgan fingerprint density at radius 3 is 2.83 bits per heavy atom. The standard InChI is InChI=1S/C20H19ClN6O2/c21-18-4-3-14(11-23-18)17-10-16(13-25-26-17)20(28)24-12-15-2-1-5-22-19(15)27-6-8-29-9-7-27/h1-5,10-11,13H,6-9,12H2,(H,24,28). The van der Waals surface area contributed by atoms with E-state index in [1.165, 1.54) is 6.20 Å². The van der Waals surface area contributed by atoms with Crippen LogP contribution in [0.2, 0.25) is 5.15 Å². The minimum atomic E-state index is -0.236. The highest BCUT2D eigenvalue weighted by Crippen LogP contribution is 2.20. The van der Waals surface area contributed by atoms with Crippen LogP contribution >= 0.6 is 11.6 Å². The zero-order valence-corrected chi connectivity index (χ0v) is 16.3. The first-order valence-corrected chi connectivity index (χ1v) is 9.58. The van der Waals surface area contributed by atoms with Crippen LogP contribution in [0.15, 0.2) is 48.9 Å². The molecular weight excluding hydrogens is 392 g/mol. The molecular formula is C20H19ClN6O2. The molecule has 0 saturated carbocycles. The monoisotopic (exact) mass is 410 g/mol. The molecule has 1 aliphatic rings. The molecule has 1 aliphatic heterocycles. The lowest BCUT2D eigenvalue weighted by Gasteiger charge is -2.29. The van der Waals surface area contributed by atoms with Crippen LogP contribution in [0.25, 0.3) is 11.3 Å². The molecule has 8 nitrogen and oxygen atoms in total. The molecule has 0 aromatic carbocycles. The van der Waals surface area contributed by atoms with Gasteiger partial charge in [-0.05, 0) is 24.3 Å². The van der Waals surface area contributed by atoms with Crippen molar-refractivity contribution in [1.82, 2.24) is 25.5 Å². The van der Waals surface area contributed by atoms with Gasteiger partial charge in [0.2, 0.25) is 0 Å². The molecule has 29 heavy (non-hydrogen) atoms. The zero-order chi connectivity index (χ0) is 20.1. The number of anilines is 1. The number of nitrogens with one attached hydrogen (secondary N) is 1. The quantitative estimate of drug-likeness (QED) is 0.645. The van der Waals surface area contributed by atoms with Gasteiger partial charge in [-0.25, -0.2) is 9.97 Å². The summed E-state index contributed by atoms with van der Waals surface area (Å²) < 4.78 is 5.41. The first-order valence-electron chi connectivity index (χ1n) is 9.20. The van der Waals surface area contributed by atoms with E-state index in [0.29, 0.717) is 36.2 Å². The Balaban J connectivity index is 1.47. The van der Waals surface area contributed by atoms with Gasteiger partial charge in [0, 0.05) is 43.2 Å². The third kappa shape index (κ3) is 4.67. The SMILES string of the molecule is O=C(NCc1cccnc1N1CCOCC1)c1cnnc(-c2ccc(Cl)nc2)c1. The maximum Gasteiger partial charge on any atom is 0.253 e. The van der Waals surface area contributed by atoms with Crippen LogP contribution in [0.5, 0.6) is 0 Å². The van der Waals surface area contributed by atoms with Gasteiger partial charge in [0.1, 0.15) is 11.0 Å². The van der Waals surface area contributed by atoms with Crippen LogP contribution < -0.4 is 10.2 Å². The van der Waals surface area contributed by atoms with E-state index in [-0.39, 0.29) is 5.91 Å². The summed E-state index contributed by atoms with van der Waals surface area (Å²) in [7, 11) is 0. The molecule has 0 aliphatic carbocycles. The van der Waals surface area contributed by atoms with Crippen molar-refractivity contribution in [2.45, 2.75) is 6.54 Å². The summed E-state index contributed by atoms with van der Waals surface area (Å²) in [4.78, 5) is 23.4. The van der Waals surface area contributed by atoms with Crippen LogP contribution in [0.4, 0.5) is 5.82 Å². The minimum Gasteiger partial charge on any atom is -0.378 e. The summed E-state index contributed by atoms with van der Waals surface area (Å²) in [6.07, 6.45) is 4.79. The number of nitrogens with zero attached hydrogens (tertiary/aromatic N) is 5. The predicted molar refractivity (Wildman–Crippen MR) is 109 cm³/mol. The van der Waals surface area contributed by atoms with Crippen LogP contribution in [-0.4, -0.2) is 52.4 Å².